The van der Waals surface area contributed by atoms with Crippen LogP contribution in [-0.4, -0.2) is 19.9 Å². The fourth-order valence-electron chi connectivity index (χ4n) is 8.03. The zero-order chi connectivity index (χ0) is 36.0. The van der Waals surface area contributed by atoms with Crippen LogP contribution in [-0.2, 0) is 0 Å². The van der Waals surface area contributed by atoms with Gasteiger partial charge in [-0.2, -0.15) is 0 Å². The molecule has 0 aliphatic heterocycles. The van der Waals surface area contributed by atoms with Gasteiger partial charge in [0.15, 0.2) is 23.1 Å². The van der Waals surface area contributed by atoms with Crippen molar-refractivity contribution < 1.29 is 13.3 Å². The Morgan fingerprint density at radius 2 is 0.927 bits per heavy atom. The van der Waals surface area contributed by atoms with Crippen molar-refractivity contribution in [3.8, 4) is 56.7 Å². The first-order valence-corrected chi connectivity index (χ1v) is 18.1. The lowest BCUT2D eigenvalue weighted by Gasteiger charge is -2.10. The van der Waals surface area contributed by atoms with Crippen LogP contribution in [0.15, 0.2) is 171 Å². The Labute approximate surface area is 312 Å². The van der Waals surface area contributed by atoms with Crippen LogP contribution in [0.2, 0.25) is 0 Å². The number of nitrogens with zero attached hydrogens (tertiary/aromatic N) is 4. The Morgan fingerprint density at radius 1 is 0.309 bits per heavy atom. The Hall–Kier alpha value is -7.64. The van der Waals surface area contributed by atoms with Crippen molar-refractivity contribution in [2.45, 2.75) is 0 Å². The molecule has 0 saturated heterocycles. The molecule has 55 heavy (non-hydrogen) atoms. The molecule has 4 heterocycles. The zero-order valence-corrected chi connectivity index (χ0v) is 29.0. The molecule has 7 nitrogen and oxygen atoms in total. The van der Waals surface area contributed by atoms with Gasteiger partial charge in [-0.3, -0.25) is 0 Å². The van der Waals surface area contributed by atoms with E-state index in [1.165, 1.54) is 0 Å². The van der Waals surface area contributed by atoms with E-state index in [4.69, 9.17) is 33.2 Å². The lowest BCUT2D eigenvalue weighted by Crippen LogP contribution is -2.00. The molecule has 256 valence electrons. The predicted octanol–water partition coefficient (Wildman–Crippen LogP) is 12.7. The summed E-state index contributed by atoms with van der Waals surface area (Å²) in [6.45, 7) is 0. The maximum atomic E-state index is 6.65. The molecule has 0 bridgehead atoms. The molecular formula is C48H26N4O3. The zero-order valence-electron chi connectivity index (χ0n) is 29.0. The number of benzene rings is 8. The van der Waals surface area contributed by atoms with Crippen LogP contribution in [0.3, 0.4) is 0 Å². The van der Waals surface area contributed by atoms with Crippen molar-refractivity contribution in [1.82, 2.24) is 19.9 Å². The largest absolute Gasteiger partial charge is 0.456 e. The van der Waals surface area contributed by atoms with Crippen LogP contribution in [0.1, 0.15) is 0 Å². The SMILES string of the molecule is c1ccc(-c2nc(-c3ccc(-c4ccc5c6oc(-c7ccccc7)nc6c6cccc7oc4c5c76)cc3)nc(-c3cccc4oc5ccccc5c34)n2)cc1. The second kappa shape index (κ2) is 11.4. The molecule has 8 aromatic carbocycles. The summed E-state index contributed by atoms with van der Waals surface area (Å²) in [5.74, 6) is 2.36. The van der Waals surface area contributed by atoms with Gasteiger partial charge in [-0.05, 0) is 48.0 Å². The van der Waals surface area contributed by atoms with Crippen molar-refractivity contribution in [2.75, 3.05) is 0 Å². The Balaban J connectivity index is 1.01. The Morgan fingerprint density at radius 3 is 1.73 bits per heavy atom. The first-order chi connectivity index (χ1) is 27.2. The second-order valence-corrected chi connectivity index (χ2v) is 13.7. The van der Waals surface area contributed by atoms with E-state index in [2.05, 4.69) is 48.5 Å². The summed E-state index contributed by atoms with van der Waals surface area (Å²) in [5, 5.41) is 6.07. The van der Waals surface area contributed by atoms with Gasteiger partial charge in [0.2, 0.25) is 5.89 Å². The van der Waals surface area contributed by atoms with Gasteiger partial charge in [0.25, 0.3) is 0 Å². The average Bonchev–Trinajstić information content (AvgIpc) is 3.99. The van der Waals surface area contributed by atoms with Gasteiger partial charge in [-0.1, -0.05) is 115 Å². The van der Waals surface area contributed by atoms with Crippen molar-refractivity contribution in [2.24, 2.45) is 0 Å². The highest BCUT2D eigenvalue weighted by atomic mass is 16.4. The number of fused-ring (bicyclic) bond motifs is 6. The third kappa shape index (κ3) is 4.50. The molecule has 0 spiro atoms. The van der Waals surface area contributed by atoms with Crippen LogP contribution >= 0.6 is 0 Å². The first kappa shape index (κ1) is 29.9. The topological polar surface area (TPSA) is 91.0 Å². The van der Waals surface area contributed by atoms with Gasteiger partial charge in [0.05, 0.1) is 0 Å². The first-order valence-electron chi connectivity index (χ1n) is 18.1. The third-order valence-electron chi connectivity index (χ3n) is 10.6. The van der Waals surface area contributed by atoms with Crippen LogP contribution in [0.4, 0.5) is 0 Å². The van der Waals surface area contributed by atoms with E-state index in [0.717, 1.165) is 99.1 Å². The lowest BCUT2D eigenvalue weighted by atomic mass is 9.95. The number of oxazole rings is 1. The van der Waals surface area contributed by atoms with Crippen molar-refractivity contribution in [3.05, 3.63) is 158 Å². The van der Waals surface area contributed by atoms with Crippen LogP contribution in [0, 0.1) is 0 Å². The van der Waals surface area contributed by atoms with E-state index >= 15 is 0 Å². The van der Waals surface area contributed by atoms with E-state index in [1.54, 1.807) is 0 Å². The predicted molar refractivity (Wildman–Crippen MR) is 218 cm³/mol. The van der Waals surface area contributed by atoms with Gasteiger partial charge in [0, 0.05) is 60.1 Å². The van der Waals surface area contributed by atoms with E-state index in [-0.39, 0.29) is 0 Å². The second-order valence-electron chi connectivity index (χ2n) is 13.7. The highest BCUT2D eigenvalue weighted by molar-refractivity contribution is 6.32. The maximum Gasteiger partial charge on any atom is 0.227 e. The quantitative estimate of drug-likeness (QED) is 0.165. The van der Waals surface area contributed by atoms with Gasteiger partial charge < -0.3 is 13.3 Å². The fraction of sp³-hybridized carbons (Fsp3) is 0. The molecule has 0 radical (unpaired) electrons. The number of rotatable bonds is 5. The van der Waals surface area contributed by atoms with E-state index in [0.29, 0.717) is 23.4 Å². The summed E-state index contributed by atoms with van der Waals surface area (Å²) in [4.78, 5) is 20.1. The highest BCUT2D eigenvalue weighted by Crippen LogP contribution is 2.46. The van der Waals surface area contributed by atoms with Gasteiger partial charge >= 0.3 is 0 Å². The summed E-state index contributed by atoms with van der Waals surface area (Å²) in [6, 6.07) is 52.8. The minimum Gasteiger partial charge on any atom is -0.456 e. The summed E-state index contributed by atoms with van der Waals surface area (Å²) >= 11 is 0. The molecule has 4 aromatic heterocycles. The van der Waals surface area contributed by atoms with Crippen molar-refractivity contribution in [3.63, 3.8) is 0 Å². The molecule has 0 aliphatic rings. The highest BCUT2D eigenvalue weighted by Gasteiger charge is 2.24. The smallest absolute Gasteiger partial charge is 0.227 e. The molecule has 0 unspecified atom stereocenters. The Bertz CT molecular complexity index is 3420. The molecule has 0 atom stereocenters. The average molecular weight is 707 g/mol. The maximum absolute atomic E-state index is 6.65. The molecule has 7 heteroatoms. The summed E-state index contributed by atoms with van der Waals surface area (Å²) < 4.78 is 19.4. The van der Waals surface area contributed by atoms with E-state index < -0.39 is 0 Å². The van der Waals surface area contributed by atoms with Crippen molar-refractivity contribution >= 4 is 65.7 Å². The van der Waals surface area contributed by atoms with Crippen LogP contribution in [0.25, 0.3) is 122 Å². The fourth-order valence-corrected chi connectivity index (χ4v) is 8.03. The summed E-state index contributed by atoms with van der Waals surface area (Å²) in [5.41, 5.74) is 10.4. The molecule has 0 amide bonds. The minimum absolute atomic E-state index is 0.579. The minimum atomic E-state index is 0.579. The molecule has 12 aromatic rings. The molecule has 0 aliphatic carbocycles. The molecule has 0 fully saturated rings. The standard InChI is InChI=1S/C48H26N4O3/c1-3-11-28(12-4-1)45-50-46(52-47(51-45)35-17-10-19-37-39(35)32-15-7-8-18-36(32)53-37)29-23-21-27(22-24-29)31-25-26-34-41-40-33(16-9-20-38(40)54-43(31)41)42-44(34)55-48(49-42)30-13-5-2-6-14-30/h1-26H. The van der Waals surface area contributed by atoms with Gasteiger partial charge in [-0.25, -0.2) is 19.9 Å². The number of para-hydroxylation sites is 1. The number of hydrogen-bond donors (Lipinski definition) is 0. The monoisotopic (exact) mass is 706 g/mol. The molecular weight excluding hydrogens is 681 g/mol. The van der Waals surface area contributed by atoms with E-state index in [1.807, 2.05) is 109 Å². The number of furan rings is 2. The molecule has 0 N–H and O–H groups in total. The van der Waals surface area contributed by atoms with Crippen molar-refractivity contribution in [1.29, 1.82) is 0 Å². The number of aromatic nitrogens is 4. The summed E-state index contributed by atoms with van der Waals surface area (Å²) in [7, 11) is 0. The van der Waals surface area contributed by atoms with Crippen LogP contribution in [0.5, 0.6) is 0 Å². The Kier molecular flexibility index (Phi) is 6.21. The van der Waals surface area contributed by atoms with E-state index in [9.17, 15) is 0 Å². The van der Waals surface area contributed by atoms with Crippen LogP contribution < -0.4 is 0 Å². The molecule has 0 saturated carbocycles. The molecule has 12 rings (SSSR count). The van der Waals surface area contributed by atoms with Gasteiger partial charge in [0.1, 0.15) is 27.8 Å². The van der Waals surface area contributed by atoms with Gasteiger partial charge in [-0.15, -0.1) is 0 Å². The summed E-state index contributed by atoms with van der Waals surface area (Å²) in [6.07, 6.45) is 0. The third-order valence-corrected chi connectivity index (χ3v) is 10.6. The normalized spacial score (nSPS) is 12.0. The lowest BCUT2D eigenvalue weighted by molar-refractivity contribution is 0.623. The number of hydrogen-bond acceptors (Lipinski definition) is 7.